The molecule has 29 heavy (non-hydrogen) atoms. The van der Waals surface area contributed by atoms with E-state index in [1.807, 2.05) is 30.7 Å². The maximum absolute atomic E-state index is 12.9. The number of sulfonamides is 1. The average Bonchev–Trinajstić information content (AvgIpc) is 2.98. The van der Waals surface area contributed by atoms with Gasteiger partial charge >= 0.3 is 0 Å². The normalized spacial score (nSPS) is 11.3. The van der Waals surface area contributed by atoms with Gasteiger partial charge in [-0.05, 0) is 43.7 Å². The van der Waals surface area contributed by atoms with Crippen LogP contribution in [-0.2, 0) is 16.6 Å². The number of ether oxygens (including phenoxy) is 1. The van der Waals surface area contributed by atoms with Crippen molar-refractivity contribution in [2.75, 3.05) is 11.8 Å². The standard InChI is InChI=1S/C19H20N4O5S/c1-13-9-14(2)22(20-13)12-15-5-4-6-16(10-15)21-29(26,27)19-11-17(23(24)25)7-8-18(19)28-3/h4-11,21H,12H2,1-3H3. The number of non-ortho nitro benzene ring substituents is 1. The number of nitrogens with zero attached hydrogens (tertiary/aromatic N) is 3. The van der Waals surface area contributed by atoms with E-state index < -0.39 is 14.9 Å². The minimum absolute atomic E-state index is 0.0156. The Morgan fingerprint density at radius 2 is 1.93 bits per heavy atom. The van der Waals surface area contributed by atoms with Crippen LogP contribution in [0.1, 0.15) is 17.0 Å². The van der Waals surface area contributed by atoms with Gasteiger partial charge in [-0.15, -0.1) is 0 Å². The van der Waals surface area contributed by atoms with E-state index in [0.717, 1.165) is 23.0 Å². The summed E-state index contributed by atoms with van der Waals surface area (Å²) >= 11 is 0. The molecule has 0 atom stereocenters. The van der Waals surface area contributed by atoms with E-state index >= 15 is 0 Å². The predicted molar refractivity (Wildman–Crippen MR) is 108 cm³/mol. The highest BCUT2D eigenvalue weighted by molar-refractivity contribution is 7.92. The molecule has 0 bridgehead atoms. The fourth-order valence-electron chi connectivity index (χ4n) is 2.94. The number of nitrogens with one attached hydrogen (secondary N) is 1. The summed E-state index contributed by atoms with van der Waals surface area (Å²) in [4.78, 5) is 10.1. The summed E-state index contributed by atoms with van der Waals surface area (Å²) in [6.45, 7) is 4.33. The Hall–Kier alpha value is -3.40. The molecule has 152 valence electrons. The molecule has 1 N–H and O–H groups in total. The Morgan fingerprint density at radius 3 is 2.55 bits per heavy atom. The monoisotopic (exact) mass is 416 g/mol. The van der Waals surface area contributed by atoms with Crippen LogP contribution in [0, 0.1) is 24.0 Å². The molecule has 2 aromatic carbocycles. The molecule has 3 rings (SSSR count). The summed E-state index contributed by atoms with van der Waals surface area (Å²) in [5.74, 6) is 0.0156. The van der Waals surface area contributed by atoms with Crippen molar-refractivity contribution >= 4 is 21.4 Å². The summed E-state index contributed by atoms with van der Waals surface area (Å²) in [5.41, 5.74) is 2.73. The highest BCUT2D eigenvalue weighted by Gasteiger charge is 2.23. The smallest absolute Gasteiger partial charge is 0.271 e. The number of hydrogen-bond donors (Lipinski definition) is 1. The molecule has 0 radical (unpaired) electrons. The molecule has 0 aliphatic heterocycles. The second-order valence-electron chi connectivity index (χ2n) is 6.48. The van der Waals surface area contributed by atoms with Crippen molar-refractivity contribution in [3.8, 4) is 5.75 Å². The van der Waals surface area contributed by atoms with Gasteiger partial charge in [-0.3, -0.25) is 19.5 Å². The molecule has 9 nitrogen and oxygen atoms in total. The first-order valence-corrected chi connectivity index (χ1v) is 10.1. The number of nitro benzene ring substituents is 1. The molecule has 10 heteroatoms. The van der Waals surface area contributed by atoms with Crippen LogP contribution in [0.2, 0.25) is 0 Å². The molecule has 0 spiro atoms. The zero-order chi connectivity index (χ0) is 21.2. The van der Waals surface area contributed by atoms with Crippen molar-refractivity contribution in [1.29, 1.82) is 0 Å². The summed E-state index contributed by atoms with van der Waals surface area (Å²) in [5, 5.41) is 15.4. The lowest BCUT2D eigenvalue weighted by Gasteiger charge is -2.12. The van der Waals surface area contributed by atoms with Crippen LogP contribution >= 0.6 is 0 Å². The second-order valence-corrected chi connectivity index (χ2v) is 8.13. The van der Waals surface area contributed by atoms with Crippen LogP contribution in [0.3, 0.4) is 0 Å². The Bertz CT molecular complexity index is 1170. The third-order valence-electron chi connectivity index (χ3n) is 4.26. The lowest BCUT2D eigenvalue weighted by atomic mass is 10.2. The third-order valence-corrected chi connectivity index (χ3v) is 5.66. The van der Waals surface area contributed by atoms with Gasteiger partial charge in [-0.25, -0.2) is 8.42 Å². The lowest BCUT2D eigenvalue weighted by molar-refractivity contribution is -0.385. The summed E-state index contributed by atoms with van der Waals surface area (Å²) in [6.07, 6.45) is 0. The van der Waals surface area contributed by atoms with Crippen LogP contribution in [-0.4, -0.2) is 30.2 Å². The molecular formula is C19H20N4O5S. The molecule has 1 aromatic heterocycles. The number of anilines is 1. The molecule has 0 unspecified atom stereocenters. The van der Waals surface area contributed by atoms with Gasteiger partial charge in [0.15, 0.2) is 0 Å². The van der Waals surface area contributed by atoms with Gasteiger partial charge in [-0.1, -0.05) is 12.1 Å². The zero-order valence-corrected chi connectivity index (χ0v) is 16.9. The van der Waals surface area contributed by atoms with Crippen molar-refractivity contribution in [2.45, 2.75) is 25.3 Å². The van der Waals surface area contributed by atoms with E-state index in [1.165, 1.54) is 19.2 Å². The minimum Gasteiger partial charge on any atom is -0.495 e. The molecule has 0 fully saturated rings. The number of nitro groups is 1. The topological polar surface area (TPSA) is 116 Å². The molecule has 0 amide bonds. The third kappa shape index (κ3) is 4.54. The molecular weight excluding hydrogens is 396 g/mol. The van der Waals surface area contributed by atoms with Gasteiger partial charge in [0.1, 0.15) is 10.6 Å². The number of benzene rings is 2. The minimum atomic E-state index is -4.11. The van der Waals surface area contributed by atoms with Crippen molar-refractivity contribution in [2.24, 2.45) is 0 Å². The summed E-state index contributed by atoms with van der Waals surface area (Å²) in [7, 11) is -2.81. The average molecular weight is 416 g/mol. The van der Waals surface area contributed by atoms with Crippen LogP contribution < -0.4 is 9.46 Å². The zero-order valence-electron chi connectivity index (χ0n) is 16.1. The van der Waals surface area contributed by atoms with Crippen LogP contribution in [0.5, 0.6) is 5.75 Å². The van der Waals surface area contributed by atoms with E-state index in [-0.39, 0.29) is 16.3 Å². The number of hydrogen-bond acceptors (Lipinski definition) is 6. The first-order valence-electron chi connectivity index (χ1n) is 8.65. The second kappa shape index (κ2) is 7.92. The fraction of sp³-hybridized carbons (Fsp3) is 0.211. The fourth-order valence-corrected chi connectivity index (χ4v) is 4.18. The molecule has 0 saturated carbocycles. The maximum Gasteiger partial charge on any atom is 0.271 e. The number of aryl methyl sites for hydroxylation is 2. The van der Waals surface area contributed by atoms with Gasteiger partial charge < -0.3 is 4.74 Å². The van der Waals surface area contributed by atoms with E-state index in [1.54, 1.807) is 18.2 Å². The first-order chi connectivity index (χ1) is 13.7. The van der Waals surface area contributed by atoms with Gasteiger partial charge in [0.05, 0.1) is 24.3 Å². The first kappa shape index (κ1) is 20.3. The molecule has 3 aromatic rings. The quantitative estimate of drug-likeness (QED) is 0.467. The van der Waals surface area contributed by atoms with Gasteiger partial charge in [0.2, 0.25) is 0 Å². The van der Waals surface area contributed by atoms with Crippen molar-refractivity contribution in [1.82, 2.24) is 9.78 Å². The predicted octanol–water partition coefficient (Wildman–Crippen LogP) is 3.27. The number of rotatable bonds is 7. The SMILES string of the molecule is COc1ccc([N+](=O)[O-])cc1S(=O)(=O)Nc1cccc(Cn2nc(C)cc2C)c1. The largest absolute Gasteiger partial charge is 0.495 e. The summed E-state index contributed by atoms with van der Waals surface area (Å²) in [6, 6.07) is 12.3. The Kier molecular flexibility index (Phi) is 5.55. The maximum atomic E-state index is 12.9. The molecule has 0 saturated heterocycles. The van der Waals surface area contributed by atoms with Crippen LogP contribution in [0.4, 0.5) is 11.4 Å². The van der Waals surface area contributed by atoms with E-state index in [9.17, 15) is 18.5 Å². The Labute approximate surface area is 168 Å². The molecule has 0 aliphatic rings. The van der Waals surface area contributed by atoms with Gasteiger partial charge in [0.25, 0.3) is 15.7 Å². The lowest BCUT2D eigenvalue weighted by Crippen LogP contribution is -2.15. The highest BCUT2D eigenvalue weighted by Crippen LogP contribution is 2.30. The molecule has 0 aliphatic carbocycles. The number of methoxy groups -OCH3 is 1. The number of aromatic nitrogens is 2. The molecule has 1 heterocycles. The van der Waals surface area contributed by atoms with Crippen molar-refractivity contribution in [3.05, 3.63) is 75.6 Å². The van der Waals surface area contributed by atoms with Crippen LogP contribution in [0.25, 0.3) is 0 Å². The van der Waals surface area contributed by atoms with Crippen LogP contribution in [0.15, 0.2) is 53.4 Å². The van der Waals surface area contributed by atoms with Crippen molar-refractivity contribution < 1.29 is 18.1 Å². The Morgan fingerprint density at radius 1 is 1.17 bits per heavy atom. The van der Waals surface area contributed by atoms with Gasteiger partial charge in [-0.2, -0.15) is 5.10 Å². The van der Waals surface area contributed by atoms with E-state index in [0.29, 0.717) is 12.2 Å². The van der Waals surface area contributed by atoms with Gasteiger partial charge in [0, 0.05) is 23.5 Å². The van der Waals surface area contributed by atoms with Crippen molar-refractivity contribution in [3.63, 3.8) is 0 Å². The Balaban J connectivity index is 1.90. The highest BCUT2D eigenvalue weighted by atomic mass is 32.2. The van der Waals surface area contributed by atoms with E-state index in [2.05, 4.69) is 9.82 Å². The van der Waals surface area contributed by atoms with E-state index in [4.69, 9.17) is 4.74 Å². The summed E-state index contributed by atoms with van der Waals surface area (Å²) < 4.78 is 35.1.